The average Bonchev–Trinajstić information content (AvgIpc) is 3.15. The summed E-state index contributed by atoms with van der Waals surface area (Å²) in [6, 6.07) is 19.2. The topological polar surface area (TPSA) is 43.8 Å². The Hall–Kier alpha value is -2.49. The van der Waals surface area contributed by atoms with Gasteiger partial charge in [-0.2, -0.15) is 0 Å². The fraction of sp³-hybridized carbons (Fsp3) is 0.429. The molecule has 0 radical (unpaired) electrons. The largest absolute Gasteiger partial charge is 0.378 e. The van der Waals surface area contributed by atoms with Crippen molar-refractivity contribution in [1.82, 2.24) is 9.34 Å². The maximum absolute atomic E-state index is 15.7. The van der Waals surface area contributed by atoms with Crippen molar-refractivity contribution < 1.29 is 9.67 Å². The van der Waals surface area contributed by atoms with Gasteiger partial charge in [-0.25, -0.2) is 9.34 Å². The van der Waals surface area contributed by atoms with Crippen molar-refractivity contribution in [2.45, 2.75) is 98.2 Å². The first kappa shape index (κ1) is 29.0. The highest BCUT2D eigenvalue weighted by molar-refractivity contribution is 7.60. The monoisotopic (exact) mass is 556 g/mol. The molecule has 5 rings (SSSR count). The fourth-order valence-corrected chi connectivity index (χ4v) is 10.5. The number of nitrogens with zero attached hydrogens (tertiary/aromatic N) is 2. The maximum Gasteiger partial charge on any atom is 0.249 e. The fourth-order valence-electron chi connectivity index (χ4n) is 7.22. The van der Waals surface area contributed by atoms with Gasteiger partial charge in [-0.15, -0.1) is 0 Å². The zero-order chi connectivity index (χ0) is 28.6. The molecule has 1 saturated carbocycles. The summed E-state index contributed by atoms with van der Waals surface area (Å²) in [7, 11) is -3.42. The summed E-state index contributed by atoms with van der Waals surface area (Å²) in [6.07, 6.45) is 7.99. The Balaban J connectivity index is 1.62. The summed E-state index contributed by atoms with van der Waals surface area (Å²) >= 11 is 0. The van der Waals surface area contributed by atoms with E-state index in [1.807, 2.05) is 36.4 Å². The number of aryl methyl sites for hydroxylation is 6. The predicted molar refractivity (Wildman–Crippen MR) is 168 cm³/mol. The molecule has 1 aliphatic carbocycles. The first-order chi connectivity index (χ1) is 19.1. The lowest BCUT2D eigenvalue weighted by Gasteiger charge is -2.35. The molecular weight excluding hydrogens is 511 g/mol. The molecule has 0 amide bonds. The quantitative estimate of drug-likeness (QED) is 0.297. The molecule has 40 heavy (non-hydrogen) atoms. The van der Waals surface area contributed by atoms with Crippen molar-refractivity contribution in [3.63, 3.8) is 0 Å². The van der Waals surface area contributed by atoms with Crippen LogP contribution in [0.3, 0.4) is 0 Å². The van der Waals surface area contributed by atoms with Gasteiger partial charge in [0.2, 0.25) is 7.44 Å². The van der Waals surface area contributed by atoms with Gasteiger partial charge in [0.25, 0.3) is 0 Å². The van der Waals surface area contributed by atoms with E-state index in [4.69, 9.17) is 0 Å². The standard InChI is InChI=1S/C35H45N2O2P/c1-24-18-26(3)31(27(4)19-24)22-36-33-14-10-11-15-34(33)37(23-32-28(5)20-25(2)21-29(32)6)40(36,39)35(38)17-16-30-12-8-7-9-13-30/h7-9,12-13,16-21,33-35,38H,10-11,14-15,22-23H2,1-6H3/b17-16+/t33-,34-,35?/m1/s1. The van der Waals surface area contributed by atoms with Gasteiger partial charge in [0.15, 0.2) is 5.85 Å². The van der Waals surface area contributed by atoms with Crippen LogP contribution < -0.4 is 0 Å². The van der Waals surface area contributed by atoms with Crippen LogP contribution in [0.1, 0.15) is 75.8 Å². The Kier molecular flexibility index (Phi) is 8.55. The van der Waals surface area contributed by atoms with Gasteiger partial charge in [-0.1, -0.05) is 84.6 Å². The summed E-state index contributed by atoms with van der Waals surface area (Å²) < 4.78 is 20.2. The molecule has 2 aliphatic rings. The minimum Gasteiger partial charge on any atom is -0.378 e. The smallest absolute Gasteiger partial charge is 0.249 e. The molecule has 2 fully saturated rings. The molecule has 212 valence electrons. The van der Waals surface area contributed by atoms with E-state index in [0.29, 0.717) is 13.1 Å². The number of hydrogen-bond acceptors (Lipinski definition) is 2. The highest BCUT2D eigenvalue weighted by atomic mass is 31.2. The van der Waals surface area contributed by atoms with Crippen LogP contribution in [-0.2, 0) is 17.7 Å². The maximum atomic E-state index is 15.7. The molecule has 4 nitrogen and oxygen atoms in total. The molecule has 1 N–H and O–H groups in total. The summed E-state index contributed by atoms with van der Waals surface area (Å²) in [4.78, 5) is 0. The lowest BCUT2D eigenvalue weighted by molar-refractivity contribution is 0.197. The van der Waals surface area contributed by atoms with Crippen LogP contribution in [0.4, 0.5) is 0 Å². The average molecular weight is 557 g/mol. The molecule has 3 atom stereocenters. The lowest BCUT2D eigenvalue weighted by atomic mass is 9.89. The molecule has 1 saturated heterocycles. The van der Waals surface area contributed by atoms with Gasteiger partial charge in [-0.05, 0) is 99.4 Å². The Labute approximate surface area is 241 Å². The van der Waals surface area contributed by atoms with Crippen LogP contribution >= 0.6 is 7.44 Å². The first-order valence-electron chi connectivity index (χ1n) is 14.8. The van der Waals surface area contributed by atoms with Crippen molar-refractivity contribution in [3.8, 4) is 0 Å². The van der Waals surface area contributed by atoms with E-state index in [-0.39, 0.29) is 12.1 Å². The minimum absolute atomic E-state index is 0.158. The SMILES string of the molecule is Cc1cc(C)c(CN2[C@@H]3CCCC[C@H]3N(Cc3c(C)cc(C)cc3C)P2(=O)C(O)/C=C/c2ccccc2)c(C)c1. The highest BCUT2D eigenvalue weighted by Crippen LogP contribution is 2.67. The van der Waals surface area contributed by atoms with Crippen molar-refractivity contribution in [2.24, 2.45) is 0 Å². The van der Waals surface area contributed by atoms with Gasteiger partial charge in [0.1, 0.15) is 0 Å². The van der Waals surface area contributed by atoms with Crippen LogP contribution in [0.15, 0.2) is 60.7 Å². The number of rotatable bonds is 7. The van der Waals surface area contributed by atoms with Gasteiger partial charge >= 0.3 is 0 Å². The van der Waals surface area contributed by atoms with E-state index >= 15 is 4.57 Å². The number of benzene rings is 3. The third-order valence-electron chi connectivity index (χ3n) is 9.12. The molecule has 0 aromatic heterocycles. The number of aliphatic hydroxyl groups is 1. The first-order valence-corrected chi connectivity index (χ1v) is 16.5. The van der Waals surface area contributed by atoms with Gasteiger partial charge in [0, 0.05) is 25.2 Å². The van der Waals surface area contributed by atoms with Crippen LogP contribution in [0.25, 0.3) is 6.08 Å². The van der Waals surface area contributed by atoms with Crippen LogP contribution in [-0.4, -0.2) is 32.4 Å². The normalized spacial score (nSPS) is 22.1. The highest BCUT2D eigenvalue weighted by Gasteiger charge is 2.57. The van der Waals surface area contributed by atoms with E-state index < -0.39 is 13.3 Å². The number of fused-ring (bicyclic) bond motifs is 1. The Bertz CT molecular complexity index is 1320. The van der Waals surface area contributed by atoms with Crippen LogP contribution in [0.5, 0.6) is 0 Å². The summed E-state index contributed by atoms with van der Waals surface area (Å²) in [5.41, 5.74) is 10.9. The summed E-state index contributed by atoms with van der Waals surface area (Å²) in [5.74, 6) is -1.09. The molecular formula is C35H45N2O2P. The lowest BCUT2D eigenvalue weighted by Crippen LogP contribution is -2.39. The second kappa shape index (κ2) is 11.8. The minimum atomic E-state index is -3.42. The number of aliphatic hydroxyl groups excluding tert-OH is 1. The summed E-state index contributed by atoms with van der Waals surface area (Å²) in [5, 5.41) is 11.9. The molecule has 3 aromatic carbocycles. The molecule has 5 heteroatoms. The van der Waals surface area contributed by atoms with E-state index in [1.54, 1.807) is 6.08 Å². The third kappa shape index (κ3) is 5.52. The van der Waals surface area contributed by atoms with Gasteiger partial charge < -0.3 is 5.11 Å². The molecule has 3 aromatic rings. The van der Waals surface area contributed by atoms with Crippen molar-refractivity contribution >= 4 is 13.5 Å². The second-order valence-corrected chi connectivity index (χ2v) is 14.9. The van der Waals surface area contributed by atoms with Crippen LogP contribution in [0, 0.1) is 41.5 Å². The van der Waals surface area contributed by atoms with Crippen molar-refractivity contribution in [1.29, 1.82) is 0 Å². The Morgan fingerprint density at radius 3 is 1.62 bits per heavy atom. The third-order valence-corrected chi connectivity index (χ3v) is 12.3. The van der Waals surface area contributed by atoms with E-state index in [0.717, 1.165) is 31.2 Å². The molecule has 0 spiro atoms. The van der Waals surface area contributed by atoms with E-state index in [1.165, 1.54) is 44.5 Å². The zero-order valence-electron chi connectivity index (χ0n) is 25.0. The second-order valence-electron chi connectivity index (χ2n) is 12.1. The van der Waals surface area contributed by atoms with Gasteiger partial charge in [-0.3, -0.25) is 4.57 Å². The van der Waals surface area contributed by atoms with Crippen LogP contribution in [0.2, 0.25) is 0 Å². The predicted octanol–water partition coefficient (Wildman–Crippen LogP) is 8.39. The summed E-state index contributed by atoms with van der Waals surface area (Å²) in [6.45, 7) is 14.1. The molecule has 1 unspecified atom stereocenters. The molecule has 0 bridgehead atoms. The zero-order valence-corrected chi connectivity index (χ0v) is 25.9. The van der Waals surface area contributed by atoms with E-state index in [2.05, 4.69) is 75.1 Å². The number of hydrogen-bond donors (Lipinski definition) is 1. The van der Waals surface area contributed by atoms with E-state index in [9.17, 15) is 5.11 Å². The van der Waals surface area contributed by atoms with Crippen molar-refractivity contribution in [3.05, 3.63) is 111 Å². The molecule has 1 aliphatic heterocycles. The van der Waals surface area contributed by atoms with Crippen molar-refractivity contribution in [2.75, 3.05) is 0 Å². The Morgan fingerprint density at radius 1 is 0.775 bits per heavy atom. The molecule has 1 heterocycles. The van der Waals surface area contributed by atoms with Gasteiger partial charge in [0.05, 0.1) is 0 Å². The Morgan fingerprint density at radius 2 is 1.20 bits per heavy atom.